The van der Waals surface area contributed by atoms with Crippen molar-refractivity contribution in [3.05, 3.63) is 54.6 Å². The van der Waals surface area contributed by atoms with Gasteiger partial charge in [0, 0.05) is 12.4 Å². The molecule has 0 fully saturated rings. The van der Waals surface area contributed by atoms with Gasteiger partial charge < -0.3 is 4.57 Å². The fourth-order valence-corrected chi connectivity index (χ4v) is 1.40. The van der Waals surface area contributed by atoms with E-state index in [1.165, 1.54) is 5.56 Å². The highest BCUT2D eigenvalue weighted by molar-refractivity contribution is 5.19. The molecule has 0 radical (unpaired) electrons. The van der Waals surface area contributed by atoms with E-state index in [2.05, 4.69) is 40.7 Å². The third-order valence-corrected chi connectivity index (χ3v) is 2.25. The molecule has 1 unspecified atom stereocenters. The molecule has 2 nitrogen and oxygen atoms in total. The molecule has 66 valence electrons. The first-order chi connectivity index (χ1) is 6.38. The monoisotopic (exact) mass is 172 g/mol. The van der Waals surface area contributed by atoms with E-state index >= 15 is 0 Å². The maximum Gasteiger partial charge on any atom is 0.0951 e. The first kappa shape index (κ1) is 8.05. The van der Waals surface area contributed by atoms with Crippen molar-refractivity contribution in [2.24, 2.45) is 0 Å². The van der Waals surface area contributed by atoms with Gasteiger partial charge >= 0.3 is 0 Å². The number of nitrogens with zero attached hydrogens (tertiary/aromatic N) is 2. The molecule has 0 spiro atoms. The van der Waals surface area contributed by atoms with Crippen molar-refractivity contribution in [2.45, 2.75) is 13.0 Å². The highest BCUT2D eigenvalue weighted by Crippen LogP contribution is 2.15. The van der Waals surface area contributed by atoms with E-state index in [4.69, 9.17) is 0 Å². The Balaban J connectivity index is 2.29. The second-order valence-electron chi connectivity index (χ2n) is 3.10. The van der Waals surface area contributed by atoms with E-state index in [0.29, 0.717) is 6.04 Å². The molecule has 2 aromatic rings. The second kappa shape index (κ2) is 3.44. The Labute approximate surface area is 77.9 Å². The number of rotatable bonds is 2. The third kappa shape index (κ3) is 1.61. The summed E-state index contributed by atoms with van der Waals surface area (Å²) >= 11 is 0. The van der Waals surface area contributed by atoms with Crippen molar-refractivity contribution in [3.8, 4) is 0 Å². The molecule has 0 bridgehead atoms. The summed E-state index contributed by atoms with van der Waals surface area (Å²) in [7, 11) is 0. The van der Waals surface area contributed by atoms with Crippen LogP contribution in [0.4, 0.5) is 0 Å². The van der Waals surface area contributed by atoms with Crippen molar-refractivity contribution < 1.29 is 0 Å². The lowest BCUT2D eigenvalue weighted by Gasteiger charge is -2.12. The number of hydrogen-bond donors (Lipinski definition) is 0. The molecular weight excluding hydrogens is 160 g/mol. The standard InChI is InChI=1S/C11H12N2/c1-10(13-8-7-12-9-13)11-5-3-2-4-6-11/h2-10H,1H3. The van der Waals surface area contributed by atoms with E-state index < -0.39 is 0 Å². The maximum atomic E-state index is 4.03. The van der Waals surface area contributed by atoms with Gasteiger partial charge in [0.05, 0.1) is 12.4 Å². The van der Waals surface area contributed by atoms with Crippen LogP contribution in [0.5, 0.6) is 0 Å². The quantitative estimate of drug-likeness (QED) is 0.680. The van der Waals surface area contributed by atoms with Crippen molar-refractivity contribution in [1.29, 1.82) is 0 Å². The minimum atomic E-state index is 0.365. The third-order valence-electron chi connectivity index (χ3n) is 2.25. The normalized spacial score (nSPS) is 12.7. The van der Waals surface area contributed by atoms with Crippen LogP contribution in [0.1, 0.15) is 18.5 Å². The minimum absolute atomic E-state index is 0.365. The zero-order valence-corrected chi connectivity index (χ0v) is 7.59. The van der Waals surface area contributed by atoms with Gasteiger partial charge in [0.2, 0.25) is 0 Å². The topological polar surface area (TPSA) is 17.8 Å². The Morgan fingerprint density at radius 1 is 1.23 bits per heavy atom. The van der Waals surface area contributed by atoms with Crippen LogP contribution >= 0.6 is 0 Å². The van der Waals surface area contributed by atoms with Gasteiger partial charge in [-0.05, 0) is 12.5 Å². The highest BCUT2D eigenvalue weighted by Gasteiger charge is 2.04. The lowest BCUT2D eigenvalue weighted by atomic mass is 10.1. The molecule has 0 saturated heterocycles. The fraction of sp³-hybridized carbons (Fsp3) is 0.182. The van der Waals surface area contributed by atoms with E-state index in [9.17, 15) is 0 Å². The summed E-state index contributed by atoms with van der Waals surface area (Å²) in [6, 6.07) is 10.8. The van der Waals surface area contributed by atoms with Gasteiger partial charge in [-0.2, -0.15) is 0 Å². The first-order valence-corrected chi connectivity index (χ1v) is 4.40. The zero-order chi connectivity index (χ0) is 9.10. The lowest BCUT2D eigenvalue weighted by molar-refractivity contribution is 0.638. The Morgan fingerprint density at radius 2 is 2.00 bits per heavy atom. The predicted molar refractivity (Wildman–Crippen MR) is 52.5 cm³/mol. The zero-order valence-electron chi connectivity index (χ0n) is 7.59. The molecule has 0 saturated carbocycles. The molecule has 1 heterocycles. The molecule has 1 atom stereocenters. The minimum Gasteiger partial charge on any atom is -0.330 e. The average molecular weight is 172 g/mol. The van der Waals surface area contributed by atoms with Gasteiger partial charge in [0.15, 0.2) is 0 Å². The molecule has 13 heavy (non-hydrogen) atoms. The van der Waals surface area contributed by atoms with Crippen LogP contribution in [0, 0.1) is 0 Å². The van der Waals surface area contributed by atoms with E-state index in [1.807, 2.05) is 18.6 Å². The first-order valence-electron chi connectivity index (χ1n) is 4.40. The molecule has 2 rings (SSSR count). The van der Waals surface area contributed by atoms with E-state index in [0.717, 1.165) is 0 Å². The summed E-state index contributed by atoms with van der Waals surface area (Å²) in [5.74, 6) is 0. The molecule has 1 aromatic carbocycles. The van der Waals surface area contributed by atoms with Crippen LogP contribution in [0.3, 0.4) is 0 Å². The molecule has 0 aliphatic heterocycles. The van der Waals surface area contributed by atoms with Gasteiger partial charge in [0.1, 0.15) is 0 Å². The number of aromatic nitrogens is 2. The maximum absolute atomic E-state index is 4.03. The van der Waals surface area contributed by atoms with Gasteiger partial charge in [-0.15, -0.1) is 0 Å². The molecule has 0 amide bonds. The molecule has 2 heteroatoms. The van der Waals surface area contributed by atoms with Gasteiger partial charge in [0.25, 0.3) is 0 Å². The van der Waals surface area contributed by atoms with Gasteiger partial charge in [-0.3, -0.25) is 0 Å². The summed E-state index contributed by atoms with van der Waals surface area (Å²) in [4.78, 5) is 4.03. The van der Waals surface area contributed by atoms with Crippen molar-refractivity contribution in [3.63, 3.8) is 0 Å². The van der Waals surface area contributed by atoms with Crippen LogP contribution < -0.4 is 0 Å². The number of imidazole rings is 1. The highest BCUT2D eigenvalue weighted by atomic mass is 15.0. The van der Waals surface area contributed by atoms with Crippen LogP contribution in [0.2, 0.25) is 0 Å². The number of benzene rings is 1. The molecule has 0 N–H and O–H groups in total. The van der Waals surface area contributed by atoms with Crippen molar-refractivity contribution in [2.75, 3.05) is 0 Å². The summed E-state index contributed by atoms with van der Waals surface area (Å²) in [6.07, 6.45) is 5.63. The number of hydrogen-bond acceptors (Lipinski definition) is 1. The summed E-state index contributed by atoms with van der Waals surface area (Å²) in [6.45, 7) is 2.16. The van der Waals surface area contributed by atoms with Crippen LogP contribution in [-0.4, -0.2) is 9.55 Å². The summed E-state index contributed by atoms with van der Waals surface area (Å²) in [5, 5.41) is 0. The predicted octanol–water partition coefficient (Wildman–Crippen LogP) is 2.49. The SMILES string of the molecule is CC(c1ccccc1)n1ccnc1. The Bertz CT molecular complexity index is 351. The average Bonchev–Trinajstić information content (AvgIpc) is 2.71. The van der Waals surface area contributed by atoms with E-state index in [-0.39, 0.29) is 0 Å². The molecule has 0 aliphatic carbocycles. The van der Waals surface area contributed by atoms with Gasteiger partial charge in [-0.1, -0.05) is 30.3 Å². The lowest BCUT2D eigenvalue weighted by Crippen LogP contribution is -2.03. The second-order valence-corrected chi connectivity index (χ2v) is 3.10. The van der Waals surface area contributed by atoms with E-state index in [1.54, 1.807) is 6.20 Å². The molecular formula is C11H12N2. The van der Waals surface area contributed by atoms with Crippen molar-refractivity contribution in [1.82, 2.24) is 9.55 Å². The molecule has 1 aromatic heterocycles. The van der Waals surface area contributed by atoms with Crippen LogP contribution in [0.15, 0.2) is 49.1 Å². The Hall–Kier alpha value is -1.57. The fourth-order valence-electron chi connectivity index (χ4n) is 1.40. The Kier molecular flexibility index (Phi) is 2.13. The smallest absolute Gasteiger partial charge is 0.0951 e. The molecule has 0 aliphatic rings. The van der Waals surface area contributed by atoms with Crippen molar-refractivity contribution >= 4 is 0 Å². The van der Waals surface area contributed by atoms with Crippen LogP contribution in [-0.2, 0) is 0 Å². The Morgan fingerprint density at radius 3 is 2.62 bits per heavy atom. The summed E-state index contributed by atoms with van der Waals surface area (Å²) < 4.78 is 2.09. The van der Waals surface area contributed by atoms with Crippen LogP contribution in [0.25, 0.3) is 0 Å². The van der Waals surface area contributed by atoms with Gasteiger partial charge in [-0.25, -0.2) is 4.98 Å². The summed E-state index contributed by atoms with van der Waals surface area (Å²) in [5.41, 5.74) is 1.31. The largest absolute Gasteiger partial charge is 0.330 e.